The van der Waals surface area contributed by atoms with Gasteiger partial charge in [-0.3, -0.25) is 0 Å². The van der Waals surface area contributed by atoms with Crippen molar-refractivity contribution in [1.82, 2.24) is 4.90 Å². The van der Waals surface area contributed by atoms with Gasteiger partial charge in [0.15, 0.2) is 0 Å². The van der Waals surface area contributed by atoms with E-state index in [1.807, 2.05) is 38.1 Å². The summed E-state index contributed by atoms with van der Waals surface area (Å²) < 4.78 is 14.0. The van der Waals surface area contributed by atoms with Crippen LogP contribution in [-0.4, -0.2) is 17.5 Å². The first kappa shape index (κ1) is 15.5. The molecule has 3 rings (SSSR count). The van der Waals surface area contributed by atoms with Gasteiger partial charge in [-0.15, -0.1) is 0 Å². The highest BCUT2D eigenvalue weighted by molar-refractivity contribution is 5.90. The van der Waals surface area contributed by atoms with Gasteiger partial charge in [-0.1, -0.05) is 24.3 Å². The molecule has 1 fully saturated rings. The average Bonchev–Trinajstić information content (AvgIpc) is 3.01. The number of amides is 2. The van der Waals surface area contributed by atoms with Gasteiger partial charge in [0.1, 0.15) is 5.82 Å². The second-order valence-corrected chi connectivity index (χ2v) is 6.10. The normalized spacial score (nSPS) is 17.3. The van der Waals surface area contributed by atoms with E-state index in [0.717, 1.165) is 24.1 Å². The van der Waals surface area contributed by atoms with Gasteiger partial charge in [-0.25, -0.2) is 9.18 Å². The largest absolute Gasteiger partial charge is 0.322 e. The van der Waals surface area contributed by atoms with Crippen molar-refractivity contribution < 1.29 is 9.18 Å². The van der Waals surface area contributed by atoms with Gasteiger partial charge < -0.3 is 10.2 Å². The van der Waals surface area contributed by atoms with Crippen LogP contribution in [0.25, 0.3) is 0 Å². The molecule has 3 nitrogen and oxygen atoms in total. The van der Waals surface area contributed by atoms with E-state index >= 15 is 0 Å². The molecule has 0 radical (unpaired) electrons. The van der Waals surface area contributed by atoms with Crippen LogP contribution in [0.2, 0.25) is 0 Å². The van der Waals surface area contributed by atoms with Crippen LogP contribution in [0.5, 0.6) is 0 Å². The van der Waals surface area contributed by atoms with Crippen LogP contribution in [0.4, 0.5) is 14.9 Å². The third-order valence-corrected chi connectivity index (χ3v) is 4.54. The van der Waals surface area contributed by atoms with E-state index in [1.54, 1.807) is 17.0 Å². The molecule has 0 bridgehead atoms. The molecule has 0 aromatic heterocycles. The zero-order chi connectivity index (χ0) is 16.4. The summed E-state index contributed by atoms with van der Waals surface area (Å²) in [5, 5.41) is 2.94. The lowest BCUT2D eigenvalue weighted by Crippen LogP contribution is -2.34. The molecule has 1 heterocycles. The predicted molar refractivity (Wildman–Crippen MR) is 90.0 cm³/mol. The molecule has 0 saturated carbocycles. The molecule has 0 aliphatic carbocycles. The molecular weight excluding hydrogens is 291 g/mol. The third kappa shape index (κ3) is 3.21. The molecule has 1 atom stereocenters. The van der Waals surface area contributed by atoms with Crippen molar-refractivity contribution in [2.24, 2.45) is 0 Å². The van der Waals surface area contributed by atoms with Crippen molar-refractivity contribution in [3.05, 3.63) is 65.0 Å². The fraction of sp³-hybridized carbons (Fsp3) is 0.316. The number of nitrogens with zero attached hydrogens (tertiary/aromatic N) is 1. The van der Waals surface area contributed by atoms with Crippen molar-refractivity contribution in [3.63, 3.8) is 0 Å². The maximum absolute atomic E-state index is 14.0. The Bertz CT molecular complexity index is 729. The van der Waals surface area contributed by atoms with Crippen LogP contribution < -0.4 is 5.32 Å². The summed E-state index contributed by atoms with van der Waals surface area (Å²) in [5.41, 5.74) is 3.70. The van der Waals surface area contributed by atoms with Crippen molar-refractivity contribution in [2.75, 3.05) is 11.9 Å². The van der Waals surface area contributed by atoms with E-state index in [0.29, 0.717) is 12.1 Å². The molecule has 0 spiro atoms. The Morgan fingerprint density at radius 2 is 1.96 bits per heavy atom. The zero-order valence-electron chi connectivity index (χ0n) is 13.5. The number of nitrogens with one attached hydrogen (secondary N) is 1. The van der Waals surface area contributed by atoms with E-state index in [2.05, 4.69) is 5.32 Å². The zero-order valence-corrected chi connectivity index (χ0v) is 13.5. The Kier molecular flexibility index (Phi) is 4.33. The molecule has 23 heavy (non-hydrogen) atoms. The average molecular weight is 312 g/mol. The standard InChI is InChI=1S/C19H21FN2O/c1-13-9-10-15(12-14(13)2)21-19(23)22-11-5-8-18(22)16-6-3-4-7-17(16)20/h3-4,6-7,9-10,12,18H,5,8,11H2,1-2H3,(H,21,23)/t18-/m1/s1. The van der Waals surface area contributed by atoms with Crippen LogP contribution in [-0.2, 0) is 0 Å². The minimum absolute atomic E-state index is 0.168. The lowest BCUT2D eigenvalue weighted by atomic mass is 10.0. The van der Waals surface area contributed by atoms with Gasteiger partial charge in [0, 0.05) is 17.8 Å². The number of carbonyl (C=O) groups excluding carboxylic acids is 1. The number of anilines is 1. The van der Waals surface area contributed by atoms with Crippen LogP contribution in [0, 0.1) is 19.7 Å². The van der Waals surface area contributed by atoms with Crippen LogP contribution in [0.3, 0.4) is 0 Å². The first-order valence-corrected chi connectivity index (χ1v) is 7.95. The Hall–Kier alpha value is -2.36. The topological polar surface area (TPSA) is 32.3 Å². The summed E-state index contributed by atoms with van der Waals surface area (Å²) in [7, 11) is 0. The Morgan fingerprint density at radius 3 is 2.70 bits per heavy atom. The number of hydrogen-bond acceptors (Lipinski definition) is 1. The number of carbonyl (C=O) groups is 1. The number of urea groups is 1. The molecule has 120 valence electrons. The molecule has 2 aromatic carbocycles. The first-order chi connectivity index (χ1) is 11.1. The van der Waals surface area contributed by atoms with Gasteiger partial charge in [-0.2, -0.15) is 0 Å². The molecule has 1 aliphatic heterocycles. The predicted octanol–water partition coefficient (Wildman–Crippen LogP) is 4.81. The van der Waals surface area contributed by atoms with Crippen molar-refractivity contribution >= 4 is 11.7 Å². The van der Waals surface area contributed by atoms with Gasteiger partial charge >= 0.3 is 6.03 Å². The summed E-state index contributed by atoms with van der Waals surface area (Å²) in [5.74, 6) is -0.247. The maximum Gasteiger partial charge on any atom is 0.322 e. The molecule has 1 N–H and O–H groups in total. The number of hydrogen-bond donors (Lipinski definition) is 1. The highest BCUT2D eigenvalue weighted by Crippen LogP contribution is 2.33. The lowest BCUT2D eigenvalue weighted by molar-refractivity contribution is 0.206. The van der Waals surface area contributed by atoms with Gasteiger partial charge in [-0.05, 0) is 56.0 Å². The minimum atomic E-state index is -0.247. The molecular formula is C19H21FN2O. The second kappa shape index (κ2) is 6.41. The van der Waals surface area contributed by atoms with E-state index in [1.165, 1.54) is 11.6 Å². The molecule has 0 unspecified atom stereocenters. The van der Waals surface area contributed by atoms with Gasteiger partial charge in [0.2, 0.25) is 0 Å². The molecule has 1 saturated heterocycles. The maximum atomic E-state index is 14.0. The Labute approximate surface area is 136 Å². The summed E-state index contributed by atoms with van der Waals surface area (Å²) in [6, 6.07) is 12.2. The van der Waals surface area contributed by atoms with Crippen LogP contribution in [0.15, 0.2) is 42.5 Å². The molecule has 1 aliphatic rings. The Balaban J connectivity index is 1.78. The number of halogens is 1. The SMILES string of the molecule is Cc1ccc(NC(=O)N2CCC[C@@H]2c2ccccc2F)cc1C. The smallest absolute Gasteiger partial charge is 0.317 e. The molecule has 2 amide bonds. The fourth-order valence-electron chi connectivity index (χ4n) is 3.09. The van der Waals surface area contributed by atoms with Crippen LogP contribution >= 0.6 is 0 Å². The highest BCUT2D eigenvalue weighted by Gasteiger charge is 2.31. The third-order valence-electron chi connectivity index (χ3n) is 4.54. The number of rotatable bonds is 2. The van der Waals surface area contributed by atoms with Crippen molar-refractivity contribution in [3.8, 4) is 0 Å². The van der Waals surface area contributed by atoms with Crippen molar-refractivity contribution in [1.29, 1.82) is 0 Å². The van der Waals surface area contributed by atoms with E-state index in [4.69, 9.17) is 0 Å². The molecule has 2 aromatic rings. The molecule has 4 heteroatoms. The quantitative estimate of drug-likeness (QED) is 0.848. The summed E-state index contributed by atoms with van der Waals surface area (Å²) in [6.45, 7) is 4.70. The highest BCUT2D eigenvalue weighted by atomic mass is 19.1. The van der Waals surface area contributed by atoms with E-state index < -0.39 is 0 Å². The van der Waals surface area contributed by atoms with Gasteiger partial charge in [0.25, 0.3) is 0 Å². The Morgan fingerprint density at radius 1 is 1.17 bits per heavy atom. The minimum Gasteiger partial charge on any atom is -0.317 e. The number of aryl methyl sites for hydroxylation is 2. The van der Waals surface area contributed by atoms with Crippen LogP contribution in [0.1, 0.15) is 35.6 Å². The summed E-state index contributed by atoms with van der Waals surface area (Å²) in [4.78, 5) is 14.3. The number of benzene rings is 2. The summed E-state index contributed by atoms with van der Waals surface area (Å²) >= 11 is 0. The fourth-order valence-corrected chi connectivity index (χ4v) is 3.09. The number of likely N-dealkylation sites (tertiary alicyclic amines) is 1. The lowest BCUT2D eigenvalue weighted by Gasteiger charge is -2.25. The monoisotopic (exact) mass is 312 g/mol. The van der Waals surface area contributed by atoms with Gasteiger partial charge in [0.05, 0.1) is 6.04 Å². The first-order valence-electron chi connectivity index (χ1n) is 7.95. The van der Waals surface area contributed by atoms with E-state index in [9.17, 15) is 9.18 Å². The second-order valence-electron chi connectivity index (χ2n) is 6.10. The van der Waals surface area contributed by atoms with Crippen molar-refractivity contribution in [2.45, 2.75) is 32.7 Å². The summed E-state index contributed by atoms with van der Waals surface area (Å²) in [6.07, 6.45) is 1.68. The van der Waals surface area contributed by atoms with E-state index in [-0.39, 0.29) is 17.9 Å².